The average molecular weight is 291 g/mol. The van der Waals surface area contributed by atoms with Gasteiger partial charge in [0.05, 0.1) is 17.9 Å². The van der Waals surface area contributed by atoms with Crippen LogP contribution in [0.5, 0.6) is 0 Å². The highest BCUT2D eigenvalue weighted by Crippen LogP contribution is 2.28. The molecule has 0 atom stereocenters. The van der Waals surface area contributed by atoms with Gasteiger partial charge in [0.25, 0.3) is 0 Å². The molecule has 0 unspecified atom stereocenters. The van der Waals surface area contributed by atoms with Crippen LogP contribution in [-0.2, 0) is 6.54 Å². The third-order valence-electron chi connectivity index (χ3n) is 3.52. The second kappa shape index (κ2) is 5.51. The molecule has 1 aliphatic heterocycles. The Labute approximate surface area is 116 Å². The number of hydrogen-bond donors (Lipinski definition) is 1. The van der Waals surface area contributed by atoms with E-state index < -0.39 is 12.7 Å². The lowest BCUT2D eigenvalue weighted by atomic mass is 10.3. The number of aromatic nitrogens is 2. The molecule has 0 radical (unpaired) electrons. The first kappa shape index (κ1) is 15.0. The molecule has 0 aromatic carbocycles. The first-order chi connectivity index (χ1) is 9.31. The van der Waals surface area contributed by atoms with Gasteiger partial charge < -0.3 is 10.6 Å². The molecular formula is C12H20F3N5. The van der Waals surface area contributed by atoms with Crippen LogP contribution in [0.1, 0.15) is 12.6 Å². The van der Waals surface area contributed by atoms with Crippen molar-refractivity contribution in [2.45, 2.75) is 26.6 Å². The number of halogens is 3. The maximum atomic E-state index is 12.4. The summed E-state index contributed by atoms with van der Waals surface area (Å²) in [4.78, 5) is 3.44. The normalized spacial score (nSPS) is 17.8. The number of nitrogens with two attached hydrogens (primary N) is 1. The van der Waals surface area contributed by atoms with E-state index >= 15 is 0 Å². The standard InChI is InChI=1S/C12H20F3N5/c1-3-20-11(10(16)9(2)17-20)19-6-4-18(5-7-19)8-12(13,14)15/h3-8,16H2,1-2H3. The Morgan fingerprint density at radius 1 is 1.20 bits per heavy atom. The first-order valence-corrected chi connectivity index (χ1v) is 6.68. The van der Waals surface area contributed by atoms with Gasteiger partial charge in [-0.05, 0) is 13.8 Å². The number of nitrogens with zero attached hydrogens (tertiary/aromatic N) is 4. The van der Waals surface area contributed by atoms with E-state index in [2.05, 4.69) is 5.10 Å². The minimum absolute atomic E-state index is 0.382. The molecule has 1 fully saturated rings. The zero-order valence-corrected chi connectivity index (χ0v) is 11.7. The summed E-state index contributed by atoms with van der Waals surface area (Å²) in [5, 5.41) is 4.34. The average Bonchev–Trinajstić information content (AvgIpc) is 2.65. The summed E-state index contributed by atoms with van der Waals surface area (Å²) >= 11 is 0. The van der Waals surface area contributed by atoms with Gasteiger partial charge in [-0.15, -0.1) is 0 Å². The quantitative estimate of drug-likeness (QED) is 0.916. The first-order valence-electron chi connectivity index (χ1n) is 6.68. The molecule has 1 aromatic rings. The number of hydrogen-bond acceptors (Lipinski definition) is 4. The molecule has 0 bridgehead atoms. The van der Waals surface area contributed by atoms with E-state index in [0.717, 1.165) is 11.5 Å². The molecule has 0 aliphatic carbocycles. The summed E-state index contributed by atoms with van der Waals surface area (Å²) in [6.45, 7) is 5.48. The van der Waals surface area contributed by atoms with Crippen molar-refractivity contribution in [2.75, 3.05) is 43.4 Å². The van der Waals surface area contributed by atoms with E-state index in [0.29, 0.717) is 38.4 Å². The molecule has 20 heavy (non-hydrogen) atoms. The lowest BCUT2D eigenvalue weighted by Gasteiger charge is -2.36. The molecule has 1 saturated heterocycles. The van der Waals surface area contributed by atoms with Crippen LogP contribution >= 0.6 is 0 Å². The molecule has 2 N–H and O–H groups in total. The van der Waals surface area contributed by atoms with E-state index in [-0.39, 0.29) is 0 Å². The number of piperazine rings is 1. The second-order valence-corrected chi connectivity index (χ2v) is 5.02. The van der Waals surface area contributed by atoms with Gasteiger partial charge in [0.2, 0.25) is 0 Å². The van der Waals surface area contributed by atoms with E-state index in [9.17, 15) is 13.2 Å². The van der Waals surface area contributed by atoms with Crippen molar-refractivity contribution < 1.29 is 13.2 Å². The predicted octanol–water partition coefficient (Wildman–Crippen LogP) is 1.48. The maximum Gasteiger partial charge on any atom is 0.401 e. The minimum atomic E-state index is -4.14. The molecule has 0 saturated carbocycles. The van der Waals surface area contributed by atoms with E-state index in [1.807, 2.05) is 23.4 Å². The van der Waals surface area contributed by atoms with E-state index in [1.54, 1.807) is 0 Å². The van der Waals surface area contributed by atoms with Gasteiger partial charge in [-0.2, -0.15) is 18.3 Å². The second-order valence-electron chi connectivity index (χ2n) is 5.02. The van der Waals surface area contributed by atoms with Crippen LogP contribution in [-0.4, -0.2) is 53.6 Å². The van der Waals surface area contributed by atoms with Crippen LogP contribution in [0, 0.1) is 6.92 Å². The summed E-state index contributed by atoms with van der Waals surface area (Å²) in [5.41, 5.74) is 7.41. The smallest absolute Gasteiger partial charge is 0.394 e. The third kappa shape index (κ3) is 3.17. The number of alkyl halides is 3. The van der Waals surface area contributed by atoms with Gasteiger partial charge in [-0.25, -0.2) is 4.68 Å². The summed E-state index contributed by atoms with van der Waals surface area (Å²) in [6.07, 6.45) is -4.14. The number of nitrogen functional groups attached to an aromatic ring is 1. The Kier molecular flexibility index (Phi) is 4.12. The molecule has 0 amide bonds. The lowest BCUT2D eigenvalue weighted by Crippen LogP contribution is -2.49. The molecule has 5 nitrogen and oxygen atoms in total. The maximum absolute atomic E-state index is 12.4. The van der Waals surface area contributed by atoms with Crippen molar-refractivity contribution in [1.29, 1.82) is 0 Å². The highest BCUT2D eigenvalue weighted by Gasteiger charge is 2.33. The van der Waals surface area contributed by atoms with Gasteiger partial charge in [0, 0.05) is 32.7 Å². The summed E-state index contributed by atoms with van der Waals surface area (Å²) in [7, 11) is 0. The molecular weight excluding hydrogens is 271 g/mol. The van der Waals surface area contributed by atoms with E-state index in [4.69, 9.17) is 5.73 Å². The van der Waals surface area contributed by atoms with Crippen LogP contribution in [0.4, 0.5) is 24.7 Å². The van der Waals surface area contributed by atoms with Gasteiger partial charge in [0.15, 0.2) is 5.82 Å². The number of aryl methyl sites for hydroxylation is 2. The van der Waals surface area contributed by atoms with Crippen LogP contribution in [0.3, 0.4) is 0 Å². The Bertz CT molecular complexity index is 460. The predicted molar refractivity (Wildman–Crippen MR) is 71.8 cm³/mol. The molecule has 2 rings (SSSR count). The Hall–Kier alpha value is -1.44. The van der Waals surface area contributed by atoms with Crippen molar-refractivity contribution in [3.8, 4) is 0 Å². The van der Waals surface area contributed by atoms with Crippen molar-refractivity contribution in [3.63, 3.8) is 0 Å². The molecule has 8 heteroatoms. The topological polar surface area (TPSA) is 50.3 Å². The molecule has 0 spiro atoms. The summed E-state index contributed by atoms with van der Waals surface area (Å²) < 4.78 is 38.9. The van der Waals surface area contributed by atoms with Gasteiger partial charge in [-0.1, -0.05) is 0 Å². The fourth-order valence-electron chi connectivity index (χ4n) is 2.51. The minimum Gasteiger partial charge on any atom is -0.394 e. The van der Waals surface area contributed by atoms with Crippen LogP contribution in [0.2, 0.25) is 0 Å². The van der Waals surface area contributed by atoms with Crippen molar-refractivity contribution in [1.82, 2.24) is 14.7 Å². The Balaban J connectivity index is 2.04. The van der Waals surface area contributed by atoms with Crippen molar-refractivity contribution in [3.05, 3.63) is 5.69 Å². The van der Waals surface area contributed by atoms with Gasteiger partial charge >= 0.3 is 6.18 Å². The fourth-order valence-corrected chi connectivity index (χ4v) is 2.51. The summed E-state index contributed by atoms with van der Waals surface area (Å²) in [6, 6.07) is 0. The van der Waals surface area contributed by atoms with Crippen LogP contribution in [0.15, 0.2) is 0 Å². The number of rotatable bonds is 3. The zero-order chi connectivity index (χ0) is 14.9. The highest BCUT2D eigenvalue weighted by atomic mass is 19.4. The lowest BCUT2D eigenvalue weighted by molar-refractivity contribution is -0.146. The SMILES string of the molecule is CCn1nc(C)c(N)c1N1CCN(CC(F)(F)F)CC1. The van der Waals surface area contributed by atoms with Crippen molar-refractivity contribution in [2.24, 2.45) is 0 Å². The van der Waals surface area contributed by atoms with Crippen LogP contribution < -0.4 is 10.6 Å². The largest absolute Gasteiger partial charge is 0.401 e. The zero-order valence-electron chi connectivity index (χ0n) is 11.7. The fraction of sp³-hybridized carbons (Fsp3) is 0.750. The van der Waals surface area contributed by atoms with Crippen molar-refractivity contribution >= 4 is 11.5 Å². The van der Waals surface area contributed by atoms with Crippen LogP contribution in [0.25, 0.3) is 0 Å². The monoisotopic (exact) mass is 291 g/mol. The molecule has 2 heterocycles. The molecule has 1 aromatic heterocycles. The van der Waals surface area contributed by atoms with Gasteiger partial charge in [0.1, 0.15) is 0 Å². The molecule has 1 aliphatic rings. The highest BCUT2D eigenvalue weighted by molar-refractivity contribution is 5.66. The molecule has 114 valence electrons. The number of anilines is 2. The summed E-state index contributed by atoms with van der Waals surface area (Å²) in [5.74, 6) is 0.830. The Morgan fingerprint density at radius 2 is 1.80 bits per heavy atom. The van der Waals surface area contributed by atoms with E-state index in [1.165, 1.54) is 4.90 Å². The Morgan fingerprint density at radius 3 is 2.30 bits per heavy atom. The third-order valence-corrected chi connectivity index (χ3v) is 3.52. The van der Waals surface area contributed by atoms with Gasteiger partial charge in [-0.3, -0.25) is 4.90 Å².